The van der Waals surface area contributed by atoms with E-state index < -0.39 is 17.0 Å². The molecule has 0 saturated heterocycles. The maximum atomic E-state index is 11.3. The summed E-state index contributed by atoms with van der Waals surface area (Å²) in [6.45, 7) is 0. The van der Waals surface area contributed by atoms with Crippen LogP contribution < -0.4 is 0 Å². The van der Waals surface area contributed by atoms with Crippen LogP contribution in [0.15, 0.2) is 34.8 Å². The quantitative estimate of drug-likeness (QED) is 0.397. The van der Waals surface area contributed by atoms with Crippen molar-refractivity contribution >= 4 is 27.6 Å². The van der Waals surface area contributed by atoms with Gasteiger partial charge in [0, 0.05) is 12.1 Å². The van der Waals surface area contributed by atoms with E-state index in [1.165, 1.54) is 36.4 Å². The van der Waals surface area contributed by atoms with E-state index in [9.17, 15) is 20.0 Å². The fourth-order valence-electron chi connectivity index (χ4n) is 1.29. The third kappa shape index (κ3) is 3.14. The third-order valence-corrected chi connectivity index (χ3v) is 2.75. The number of nitrogens with zero attached hydrogens (tertiary/aromatic N) is 1. The molecule has 0 aliphatic rings. The molecular formula is C11H10BrNO5. The van der Waals surface area contributed by atoms with Crippen molar-refractivity contribution in [3.63, 3.8) is 0 Å². The number of ether oxygens (including phenoxy) is 1. The Morgan fingerprint density at radius 3 is 2.44 bits per heavy atom. The Labute approximate surface area is 111 Å². The second-order valence-electron chi connectivity index (χ2n) is 3.31. The zero-order valence-corrected chi connectivity index (χ0v) is 11.0. The van der Waals surface area contributed by atoms with Crippen LogP contribution in [0.25, 0.3) is 0 Å². The molecule has 1 aromatic carbocycles. The number of carbonyl (C=O) groups excluding carboxylic acids is 1. The summed E-state index contributed by atoms with van der Waals surface area (Å²) in [5.41, 5.74) is 0.274. The molecule has 1 aromatic rings. The van der Waals surface area contributed by atoms with Crippen LogP contribution in [0.4, 0.5) is 5.69 Å². The van der Waals surface area contributed by atoms with E-state index >= 15 is 0 Å². The molecule has 1 unspecified atom stereocenters. The van der Waals surface area contributed by atoms with Gasteiger partial charge in [-0.05, 0) is 22.7 Å². The van der Waals surface area contributed by atoms with Crippen LogP contribution in [0.2, 0.25) is 0 Å². The molecule has 1 N–H and O–H groups in total. The molecule has 1 atom stereocenters. The maximum absolute atomic E-state index is 11.3. The summed E-state index contributed by atoms with van der Waals surface area (Å²) in [4.78, 5) is 22.5. The first-order valence-electron chi connectivity index (χ1n) is 4.82. The number of carbonyl (C=O) groups is 1. The Morgan fingerprint density at radius 2 is 2.06 bits per heavy atom. The van der Waals surface area contributed by atoms with Crippen LogP contribution in [0.3, 0.4) is 0 Å². The van der Waals surface area contributed by atoms with Gasteiger partial charge in [0.25, 0.3) is 5.69 Å². The number of halogens is 1. The van der Waals surface area contributed by atoms with Crippen LogP contribution in [0.5, 0.6) is 0 Å². The Balaban J connectivity index is 2.99. The summed E-state index contributed by atoms with van der Waals surface area (Å²) < 4.78 is 4.50. The number of esters is 1. The van der Waals surface area contributed by atoms with Crippen molar-refractivity contribution in [2.24, 2.45) is 0 Å². The van der Waals surface area contributed by atoms with Gasteiger partial charge in [0.1, 0.15) is 6.10 Å². The molecule has 0 saturated carbocycles. The van der Waals surface area contributed by atoms with Crippen LogP contribution >= 0.6 is 15.9 Å². The average molecular weight is 316 g/mol. The Bertz CT molecular complexity index is 483. The second-order valence-corrected chi connectivity index (χ2v) is 3.77. The Hall–Kier alpha value is -1.73. The molecule has 0 radical (unpaired) electrons. The van der Waals surface area contributed by atoms with E-state index in [0.717, 1.165) is 0 Å². The van der Waals surface area contributed by atoms with Gasteiger partial charge in [-0.3, -0.25) is 10.1 Å². The Morgan fingerprint density at radius 1 is 1.50 bits per heavy atom. The van der Waals surface area contributed by atoms with Gasteiger partial charge in [0.05, 0.1) is 17.6 Å². The minimum atomic E-state index is -1.21. The minimum absolute atomic E-state index is 0.00588. The van der Waals surface area contributed by atoms with Gasteiger partial charge in [0.15, 0.2) is 0 Å². The van der Waals surface area contributed by atoms with Crippen LogP contribution in [-0.4, -0.2) is 23.1 Å². The SMILES string of the molecule is COC(=O)/C(=C\Br)C(O)c1ccc([N+](=O)[O-])cc1. The fourth-order valence-corrected chi connectivity index (χ4v) is 1.73. The predicted octanol–water partition coefficient (Wildman–Crippen LogP) is 2.08. The van der Waals surface area contributed by atoms with Gasteiger partial charge in [-0.25, -0.2) is 4.79 Å². The largest absolute Gasteiger partial charge is 0.466 e. The highest BCUT2D eigenvalue weighted by Gasteiger charge is 2.21. The number of nitro groups is 1. The highest BCUT2D eigenvalue weighted by molar-refractivity contribution is 9.11. The lowest BCUT2D eigenvalue weighted by atomic mass is 10.0. The van der Waals surface area contributed by atoms with Gasteiger partial charge in [-0.1, -0.05) is 15.9 Å². The molecular weight excluding hydrogens is 306 g/mol. The number of rotatable bonds is 4. The number of hydrogen-bond donors (Lipinski definition) is 1. The standard InChI is InChI=1S/C11H10BrNO5/c1-18-11(15)9(6-12)10(14)7-2-4-8(5-3-7)13(16)17/h2-6,10,14H,1H3/b9-6-. The van der Waals surface area contributed by atoms with Crippen molar-refractivity contribution in [1.82, 2.24) is 0 Å². The normalized spacial score (nSPS) is 12.9. The summed E-state index contributed by atoms with van der Waals surface area (Å²) in [7, 11) is 1.20. The average Bonchev–Trinajstić information content (AvgIpc) is 2.39. The van der Waals surface area contributed by atoms with Gasteiger partial charge < -0.3 is 9.84 Å². The first-order valence-corrected chi connectivity index (χ1v) is 5.73. The summed E-state index contributed by atoms with van der Waals surface area (Å²) in [6, 6.07) is 5.26. The summed E-state index contributed by atoms with van der Waals surface area (Å²) in [6.07, 6.45) is -1.21. The maximum Gasteiger partial charge on any atom is 0.337 e. The molecule has 0 spiro atoms. The summed E-state index contributed by atoms with van der Waals surface area (Å²) in [5.74, 6) is -0.683. The topological polar surface area (TPSA) is 89.7 Å². The summed E-state index contributed by atoms with van der Waals surface area (Å²) in [5, 5.41) is 20.4. The molecule has 0 bridgehead atoms. The zero-order valence-electron chi connectivity index (χ0n) is 9.37. The van der Waals surface area contributed by atoms with E-state index in [2.05, 4.69) is 20.7 Å². The van der Waals surface area contributed by atoms with E-state index in [1.54, 1.807) is 0 Å². The van der Waals surface area contributed by atoms with Crippen LogP contribution in [-0.2, 0) is 9.53 Å². The molecule has 0 aliphatic heterocycles. The van der Waals surface area contributed by atoms with Crippen LogP contribution in [0, 0.1) is 10.1 Å². The molecule has 0 aromatic heterocycles. The first-order chi connectivity index (χ1) is 8.51. The van der Waals surface area contributed by atoms with Gasteiger partial charge in [-0.15, -0.1) is 0 Å². The molecule has 6 nitrogen and oxygen atoms in total. The third-order valence-electron chi connectivity index (χ3n) is 2.25. The first kappa shape index (κ1) is 14.3. The van der Waals surface area contributed by atoms with Crippen molar-refractivity contribution in [2.75, 3.05) is 7.11 Å². The molecule has 1 rings (SSSR count). The second kappa shape index (κ2) is 6.27. The number of aliphatic hydroxyl groups excluding tert-OH is 1. The van der Waals surface area contributed by atoms with Gasteiger partial charge >= 0.3 is 5.97 Å². The van der Waals surface area contributed by atoms with Crippen molar-refractivity contribution in [3.05, 3.63) is 50.5 Å². The molecule has 18 heavy (non-hydrogen) atoms. The molecule has 7 heteroatoms. The highest BCUT2D eigenvalue weighted by Crippen LogP contribution is 2.25. The lowest BCUT2D eigenvalue weighted by Crippen LogP contribution is -2.12. The highest BCUT2D eigenvalue weighted by atomic mass is 79.9. The van der Waals surface area contributed by atoms with Crippen molar-refractivity contribution in [1.29, 1.82) is 0 Å². The summed E-state index contributed by atoms with van der Waals surface area (Å²) >= 11 is 2.96. The molecule has 0 fully saturated rings. The van der Waals surface area contributed by atoms with Gasteiger partial charge in [0.2, 0.25) is 0 Å². The number of benzene rings is 1. The van der Waals surface area contributed by atoms with E-state index in [-0.39, 0.29) is 11.3 Å². The van der Waals surface area contributed by atoms with Gasteiger partial charge in [-0.2, -0.15) is 0 Å². The van der Waals surface area contributed by atoms with E-state index in [1.807, 2.05) is 0 Å². The van der Waals surface area contributed by atoms with Crippen molar-refractivity contribution in [3.8, 4) is 0 Å². The van der Waals surface area contributed by atoms with Crippen LogP contribution in [0.1, 0.15) is 11.7 Å². The molecule has 0 heterocycles. The van der Waals surface area contributed by atoms with E-state index in [0.29, 0.717) is 5.56 Å². The lowest BCUT2D eigenvalue weighted by molar-refractivity contribution is -0.384. The molecule has 0 amide bonds. The number of non-ortho nitro benzene ring substituents is 1. The molecule has 0 aliphatic carbocycles. The fraction of sp³-hybridized carbons (Fsp3) is 0.182. The predicted molar refractivity (Wildman–Crippen MR) is 67.1 cm³/mol. The number of methoxy groups -OCH3 is 1. The zero-order chi connectivity index (χ0) is 13.7. The molecule has 96 valence electrons. The van der Waals surface area contributed by atoms with Crippen molar-refractivity contribution < 1.29 is 19.6 Å². The minimum Gasteiger partial charge on any atom is -0.466 e. The van der Waals surface area contributed by atoms with Crippen molar-refractivity contribution in [2.45, 2.75) is 6.10 Å². The lowest BCUT2D eigenvalue weighted by Gasteiger charge is -2.12. The Kier molecular flexibility index (Phi) is 4.99. The number of hydrogen-bond acceptors (Lipinski definition) is 5. The monoisotopic (exact) mass is 315 g/mol. The smallest absolute Gasteiger partial charge is 0.337 e. The number of nitro benzene ring substituents is 1. The number of aliphatic hydroxyl groups is 1. The van der Waals surface area contributed by atoms with E-state index in [4.69, 9.17) is 0 Å².